The number of Topliss-reactive ketones (excluding diaryl/α,β-unsaturated/α-hetero) is 1. The Morgan fingerprint density at radius 3 is 2.64 bits per heavy atom. The maximum absolute atomic E-state index is 13.2. The van der Waals surface area contributed by atoms with Gasteiger partial charge in [-0.3, -0.25) is 4.79 Å². The van der Waals surface area contributed by atoms with Crippen molar-refractivity contribution in [1.29, 1.82) is 0 Å². The van der Waals surface area contributed by atoms with Crippen molar-refractivity contribution in [2.45, 2.75) is 6.42 Å². The van der Waals surface area contributed by atoms with Gasteiger partial charge in [-0.15, -0.1) is 0 Å². The van der Waals surface area contributed by atoms with Crippen molar-refractivity contribution < 1.29 is 19.0 Å². The molecule has 142 valence electrons. The van der Waals surface area contributed by atoms with Crippen molar-refractivity contribution in [3.8, 4) is 22.9 Å². The van der Waals surface area contributed by atoms with E-state index in [0.29, 0.717) is 41.4 Å². The molecule has 0 aliphatic carbocycles. The first-order valence-corrected chi connectivity index (χ1v) is 8.94. The number of aromatic nitrogens is 2. The van der Waals surface area contributed by atoms with Crippen LogP contribution >= 0.6 is 0 Å². The van der Waals surface area contributed by atoms with Gasteiger partial charge in [0.05, 0.1) is 26.5 Å². The van der Waals surface area contributed by atoms with Crippen LogP contribution in [0.5, 0.6) is 17.2 Å². The SMILES string of the molecule is COc1cc(OC)c2c(c1)OCC/C(=C\c1ccc(-n3cccn3)cc1)C2=O. The maximum atomic E-state index is 13.2. The normalized spacial score (nSPS) is 14.9. The Morgan fingerprint density at radius 1 is 1.14 bits per heavy atom. The molecule has 0 radical (unpaired) electrons. The summed E-state index contributed by atoms with van der Waals surface area (Å²) in [6.45, 7) is 0.409. The first-order chi connectivity index (χ1) is 13.7. The number of carbonyl (C=O) groups excluding carboxylic acids is 1. The van der Waals surface area contributed by atoms with E-state index >= 15 is 0 Å². The molecule has 0 unspecified atom stereocenters. The predicted molar refractivity (Wildman–Crippen MR) is 106 cm³/mol. The molecule has 0 bridgehead atoms. The molecule has 4 rings (SSSR count). The van der Waals surface area contributed by atoms with Crippen molar-refractivity contribution in [1.82, 2.24) is 9.78 Å². The van der Waals surface area contributed by atoms with Crippen LogP contribution in [0, 0.1) is 0 Å². The summed E-state index contributed by atoms with van der Waals surface area (Å²) >= 11 is 0. The van der Waals surface area contributed by atoms with E-state index < -0.39 is 0 Å². The molecule has 2 aromatic carbocycles. The average molecular weight is 376 g/mol. The molecule has 0 amide bonds. The third kappa shape index (κ3) is 3.36. The van der Waals surface area contributed by atoms with Gasteiger partial charge >= 0.3 is 0 Å². The molecule has 0 saturated carbocycles. The lowest BCUT2D eigenvalue weighted by Gasteiger charge is -2.12. The van der Waals surface area contributed by atoms with E-state index in [4.69, 9.17) is 14.2 Å². The van der Waals surface area contributed by atoms with Gasteiger partial charge in [-0.1, -0.05) is 12.1 Å². The van der Waals surface area contributed by atoms with Gasteiger partial charge in [-0.2, -0.15) is 5.10 Å². The van der Waals surface area contributed by atoms with Crippen molar-refractivity contribution in [2.24, 2.45) is 0 Å². The Labute approximate surface area is 163 Å². The van der Waals surface area contributed by atoms with Crippen LogP contribution < -0.4 is 14.2 Å². The van der Waals surface area contributed by atoms with Gasteiger partial charge in [0.1, 0.15) is 22.8 Å². The first-order valence-electron chi connectivity index (χ1n) is 8.94. The fraction of sp³-hybridized carbons (Fsp3) is 0.182. The zero-order chi connectivity index (χ0) is 19.5. The number of hydrogen-bond acceptors (Lipinski definition) is 5. The Balaban J connectivity index is 1.68. The summed E-state index contributed by atoms with van der Waals surface area (Å²) in [5, 5.41) is 4.22. The molecule has 28 heavy (non-hydrogen) atoms. The lowest BCUT2D eigenvalue weighted by molar-refractivity contribution is 0.103. The van der Waals surface area contributed by atoms with E-state index in [1.165, 1.54) is 7.11 Å². The number of methoxy groups -OCH3 is 2. The fourth-order valence-corrected chi connectivity index (χ4v) is 3.21. The van der Waals surface area contributed by atoms with Crippen molar-refractivity contribution in [2.75, 3.05) is 20.8 Å². The van der Waals surface area contributed by atoms with Crippen LogP contribution in [0.25, 0.3) is 11.8 Å². The van der Waals surface area contributed by atoms with Gasteiger partial charge in [0.25, 0.3) is 0 Å². The van der Waals surface area contributed by atoms with Gasteiger partial charge in [-0.05, 0) is 29.8 Å². The van der Waals surface area contributed by atoms with E-state index in [1.807, 2.05) is 42.6 Å². The number of rotatable bonds is 4. The van der Waals surface area contributed by atoms with Crippen molar-refractivity contribution in [3.63, 3.8) is 0 Å². The summed E-state index contributed by atoms with van der Waals surface area (Å²) in [5.74, 6) is 1.42. The number of ether oxygens (including phenoxy) is 3. The third-order valence-electron chi connectivity index (χ3n) is 4.65. The highest BCUT2D eigenvalue weighted by Gasteiger charge is 2.26. The van der Waals surface area contributed by atoms with Gasteiger partial charge in [0.15, 0.2) is 5.78 Å². The molecule has 1 aliphatic heterocycles. The minimum atomic E-state index is -0.0943. The molecule has 0 fully saturated rings. The van der Waals surface area contributed by atoms with Crippen LogP contribution in [0.3, 0.4) is 0 Å². The number of fused-ring (bicyclic) bond motifs is 1. The molecule has 0 N–H and O–H groups in total. The summed E-state index contributed by atoms with van der Waals surface area (Å²) in [4.78, 5) is 13.2. The summed E-state index contributed by atoms with van der Waals surface area (Å²) in [6, 6.07) is 13.2. The molecule has 6 heteroatoms. The molecule has 0 saturated heterocycles. The zero-order valence-electron chi connectivity index (χ0n) is 15.7. The monoisotopic (exact) mass is 376 g/mol. The Bertz CT molecular complexity index is 1020. The number of nitrogens with zero attached hydrogens (tertiary/aromatic N) is 2. The summed E-state index contributed by atoms with van der Waals surface area (Å²) in [7, 11) is 3.10. The second-order valence-corrected chi connectivity index (χ2v) is 6.34. The summed E-state index contributed by atoms with van der Waals surface area (Å²) in [6.07, 6.45) is 6.04. The van der Waals surface area contributed by atoms with E-state index in [1.54, 1.807) is 30.1 Å². The largest absolute Gasteiger partial charge is 0.496 e. The number of benzene rings is 2. The first kappa shape index (κ1) is 17.9. The highest BCUT2D eigenvalue weighted by atomic mass is 16.5. The Morgan fingerprint density at radius 2 is 1.96 bits per heavy atom. The van der Waals surface area contributed by atoms with Crippen LogP contribution in [0.1, 0.15) is 22.3 Å². The third-order valence-corrected chi connectivity index (χ3v) is 4.65. The summed E-state index contributed by atoms with van der Waals surface area (Å²) in [5.41, 5.74) is 3.01. The van der Waals surface area contributed by atoms with Crippen molar-refractivity contribution in [3.05, 3.63) is 71.6 Å². The average Bonchev–Trinajstić information content (AvgIpc) is 3.22. The van der Waals surface area contributed by atoms with E-state index in [9.17, 15) is 4.79 Å². The number of carbonyl (C=O) groups is 1. The second kappa shape index (κ2) is 7.60. The maximum Gasteiger partial charge on any atom is 0.196 e. The van der Waals surface area contributed by atoms with Crippen molar-refractivity contribution >= 4 is 11.9 Å². The van der Waals surface area contributed by atoms with Gasteiger partial charge < -0.3 is 14.2 Å². The van der Waals surface area contributed by atoms with Crippen LogP contribution in [0.15, 0.2) is 60.4 Å². The van der Waals surface area contributed by atoms with E-state index in [-0.39, 0.29) is 5.78 Å². The molecule has 0 atom stereocenters. The molecule has 2 heterocycles. The molecule has 6 nitrogen and oxygen atoms in total. The Kier molecular flexibility index (Phi) is 4.85. The van der Waals surface area contributed by atoms with E-state index in [2.05, 4.69) is 5.10 Å². The lowest BCUT2D eigenvalue weighted by Crippen LogP contribution is -2.05. The fourth-order valence-electron chi connectivity index (χ4n) is 3.21. The van der Waals surface area contributed by atoms with Crippen LogP contribution in [0.4, 0.5) is 0 Å². The van der Waals surface area contributed by atoms with E-state index in [0.717, 1.165) is 11.3 Å². The zero-order valence-corrected chi connectivity index (χ0v) is 15.7. The minimum absolute atomic E-state index is 0.0943. The van der Waals surface area contributed by atoms with Gasteiger partial charge in [-0.25, -0.2) is 4.68 Å². The van der Waals surface area contributed by atoms with Crippen LogP contribution in [-0.4, -0.2) is 36.4 Å². The molecular weight excluding hydrogens is 356 g/mol. The van der Waals surface area contributed by atoms with Gasteiger partial charge in [0.2, 0.25) is 0 Å². The Hall–Kier alpha value is -3.54. The quantitative estimate of drug-likeness (QED) is 0.646. The van der Waals surface area contributed by atoms with Crippen LogP contribution in [0.2, 0.25) is 0 Å². The number of ketones is 1. The second-order valence-electron chi connectivity index (χ2n) is 6.34. The molecule has 0 spiro atoms. The molecule has 1 aliphatic rings. The highest BCUT2D eigenvalue weighted by Crippen LogP contribution is 2.38. The minimum Gasteiger partial charge on any atom is -0.496 e. The smallest absolute Gasteiger partial charge is 0.196 e. The molecule has 1 aromatic heterocycles. The van der Waals surface area contributed by atoms with Gasteiger partial charge in [0, 0.05) is 36.5 Å². The lowest BCUT2D eigenvalue weighted by atomic mass is 9.98. The topological polar surface area (TPSA) is 62.6 Å². The summed E-state index contributed by atoms with van der Waals surface area (Å²) < 4.78 is 18.3. The number of hydrogen-bond donors (Lipinski definition) is 0. The highest BCUT2D eigenvalue weighted by molar-refractivity contribution is 6.15. The molecule has 3 aromatic rings. The molecular formula is C22H20N2O4. The predicted octanol–water partition coefficient (Wildman–Crippen LogP) is 3.94. The standard InChI is InChI=1S/C22H20N2O4/c1-26-18-13-19(27-2)21-20(14-18)28-11-8-16(22(21)25)12-15-4-6-17(7-5-15)24-10-3-9-23-24/h3-7,9-10,12-14H,8,11H2,1-2H3/b16-12+. The van der Waals surface area contributed by atoms with Crippen LogP contribution in [-0.2, 0) is 0 Å².